The minimum Gasteiger partial charge on any atom is -0.357 e. The summed E-state index contributed by atoms with van der Waals surface area (Å²) in [5.74, 6) is 0.902. The van der Waals surface area contributed by atoms with Crippen molar-refractivity contribution in [2.75, 3.05) is 26.2 Å². The van der Waals surface area contributed by atoms with E-state index in [2.05, 4.69) is 52.9 Å². The number of likely N-dealkylation sites (tertiary alicyclic amines) is 1. The van der Waals surface area contributed by atoms with E-state index in [1.54, 1.807) is 11.3 Å². The molecule has 1 aromatic rings. The first-order chi connectivity index (χ1) is 11.1. The standard InChI is InChI=1S/C17H29N5S/c1-5-18-17(20-11-16-19-10-14(4)23-16)21-15-6-8-22(9-7-15)12-13(2)3/h10,15H,2,5-9,11-12H2,1,3-4H3,(H2,18,20,21). The van der Waals surface area contributed by atoms with Crippen molar-refractivity contribution in [1.82, 2.24) is 20.5 Å². The number of aliphatic imine (C=N–C) groups is 1. The first kappa shape index (κ1) is 17.9. The first-order valence-corrected chi connectivity index (χ1v) is 9.21. The largest absolute Gasteiger partial charge is 0.357 e. The summed E-state index contributed by atoms with van der Waals surface area (Å²) in [6.45, 7) is 15.0. The number of aryl methyl sites for hydroxylation is 1. The molecule has 0 radical (unpaired) electrons. The topological polar surface area (TPSA) is 52.5 Å². The van der Waals surface area contributed by atoms with Crippen LogP contribution in [0, 0.1) is 6.92 Å². The van der Waals surface area contributed by atoms with Crippen LogP contribution < -0.4 is 10.6 Å². The van der Waals surface area contributed by atoms with Gasteiger partial charge in [0.1, 0.15) is 5.01 Å². The molecule has 23 heavy (non-hydrogen) atoms. The third-order valence-corrected chi connectivity index (χ3v) is 4.71. The van der Waals surface area contributed by atoms with Crippen LogP contribution in [-0.4, -0.2) is 48.1 Å². The molecular formula is C17H29N5S. The SMILES string of the molecule is C=C(C)CN1CCC(NC(=NCc2ncc(C)s2)NCC)CC1. The quantitative estimate of drug-likeness (QED) is 0.476. The van der Waals surface area contributed by atoms with Crippen molar-refractivity contribution in [1.29, 1.82) is 0 Å². The molecule has 1 fully saturated rings. The van der Waals surface area contributed by atoms with Crippen molar-refractivity contribution in [3.05, 3.63) is 28.2 Å². The molecule has 0 aliphatic carbocycles. The van der Waals surface area contributed by atoms with Crippen molar-refractivity contribution < 1.29 is 0 Å². The molecule has 128 valence electrons. The zero-order valence-corrected chi connectivity index (χ0v) is 15.4. The summed E-state index contributed by atoms with van der Waals surface area (Å²) in [4.78, 5) is 12.8. The van der Waals surface area contributed by atoms with Gasteiger partial charge in [0.25, 0.3) is 0 Å². The molecule has 6 heteroatoms. The van der Waals surface area contributed by atoms with Gasteiger partial charge in [-0.15, -0.1) is 11.3 Å². The Bertz CT molecular complexity index is 529. The van der Waals surface area contributed by atoms with Crippen LogP contribution in [0.4, 0.5) is 0 Å². The highest BCUT2D eigenvalue weighted by atomic mass is 32.1. The molecule has 2 heterocycles. The second-order valence-electron chi connectivity index (χ2n) is 6.21. The average Bonchev–Trinajstić information content (AvgIpc) is 2.92. The molecule has 1 aliphatic heterocycles. The van der Waals surface area contributed by atoms with Crippen LogP contribution in [0.2, 0.25) is 0 Å². The number of thiazole rings is 1. The molecule has 0 unspecified atom stereocenters. The normalized spacial score (nSPS) is 17.3. The highest BCUT2D eigenvalue weighted by Crippen LogP contribution is 2.13. The van der Waals surface area contributed by atoms with Gasteiger partial charge in [-0.25, -0.2) is 9.98 Å². The number of guanidine groups is 1. The van der Waals surface area contributed by atoms with Gasteiger partial charge in [-0.2, -0.15) is 0 Å². The van der Waals surface area contributed by atoms with E-state index in [1.807, 2.05) is 6.20 Å². The van der Waals surface area contributed by atoms with Crippen molar-refractivity contribution in [3.63, 3.8) is 0 Å². The van der Waals surface area contributed by atoms with Crippen molar-refractivity contribution in [2.24, 2.45) is 4.99 Å². The molecule has 5 nitrogen and oxygen atoms in total. The summed E-state index contributed by atoms with van der Waals surface area (Å²) in [5.41, 5.74) is 1.24. The van der Waals surface area contributed by atoms with Gasteiger partial charge < -0.3 is 10.6 Å². The van der Waals surface area contributed by atoms with E-state index in [0.29, 0.717) is 12.6 Å². The Balaban J connectivity index is 1.83. The number of aromatic nitrogens is 1. The van der Waals surface area contributed by atoms with E-state index in [4.69, 9.17) is 0 Å². The number of hydrogen-bond donors (Lipinski definition) is 2. The van der Waals surface area contributed by atoms with E-state index in [1.165, 1.54) is 10.5 Å². The smallest absolute Gasteiger partial charge is 0.191 e. The Morgan fingerprint density at radius 1 is 1.48 bits per heavy atom. The van der Waals surface area contributed by atoms with Gasteiger partial charge in [0.05, 0.1) is 6.54 Å². The number of nitrogens with one attached hydrogen (secondary N) is 2. The fourth-order valence-corrected chi connectivity index (χ4v) is 3.46. The molecule has 1 saturated heterocycles. The van der Waals surface area contributed by atoms with Gasteiger partial charge in [-0.3, -0.25) is 4.90 Å². The lowest BCUT2D eigenvalue weighted by atomic mass is 10.0. The highest BCUT2D eigenvalue weighted by molar-refractivity contribution is 7.11. The Hall–Kier alpha value is -1.40. The molecule has 0 atom stereocenters. The van der Waals surface area contributed by atoms with E-state index in [0.717, 1.165) is 50.0 Å². The lowest BCUT2D eigenvalue weighted by Gasteiger charge is -2.33. The lowest BCUT2D eigenvalue weighted by molar-refractivity contribution is 0.221. The van der Waals surface area contributed by atoms with E-state index >= 15 is 0 Å². The molecule has 0 aromatic carbocycles. The van der Waals surface area contributed by atoms with Gasteiger partial charge in [-0.1, -0.05) is 12.2 Å². The summed E-state index contributed by atoms with van der Waals surface area (Å²) in [5, 5.41) is 7.98. The molecular weight excluding hydrogens is 306 g/mol. The zero-order chi connectivity index (χ0) is 16.7. The summed E-state index contributed by atoms with van der Waals surface area (Å²) in [6.07, 6.45) is 4.20. The van der Waals surface area contributed by atoms with Crippen LogP contribution in [0.5, 0.6) is 0 Å². The Kier molecular flexibility index (Phi) is 7.05. The maximum absolute atomic E-state index is 4.67. The third kappa shape index (κ3) is 6.31. The molecule has 0 spiro atoms. The Labute approximate surface area is 143 Å². The molecule has 0 saturated carbocycles. The van der Waals surface area contributed by atoms with Gasteiger partial charge >= 0.3 is 0 Å². The van der Waals surface area contributed by atoms with Gasteiger partial charge in [0, 0.05) is 43.3 Å². The van der Waals surface area contributed by atoms with Crippen LogP contribution >= 0.6 is 11.3 Å². The number of piperidine rings is 1. The van der Waals surface area contributed by atoms with Crippen molar-refractivity contribution in [3.8, 4) is 0 Å². The number of nitrogens with zero attached hydrogens (tertiary/aromatic N) is 3. The predicted octanol–water partition coefficient (Wildman–Crippen LogP) is 2.55. The van der Waals surface area contributed by atoms with Gasteiger partial charge in [0.15, 0.2) is 5.96 Å². The van der Waals surface area contributed by atoms with Crippen LogP contribution in [0.3, 0.4) is 0 Å². The Morgan fingerprint density at radius 3 is 2.78 bits per heavy atom. The molecule has 0 amide bonds. The summed E-state index contributed by atoms with van der Waals surface area (Å²) in [6, 6.07) is 0.493. The lowest BCUT2D eigenvalue weighted by Crippen LogP contribution is -2.48. The fraction of sp³-hybridized carbons (Fsp3) is 0.647. The van der Waals surface area contributed by atoms with Crippen LogP contribution in [0.1, 0.15) is 36.6 Å². The average molecular weight is 336 g/mol. The maximum Gasteiger partial charge on any atom is 0.191 e. The second-order valence-corrected chi connectivity index (χ2v) is 7.53. The molecule has 1 aliphatic rings. The third-order valence-electron chi connectivity index (χ3n) is 3.81. The fourth-order valence-electron chi connectivity index (χ4n) is 2.75. The summed E-state index contributed by atoms with van der Waals surface area (Å²) < 4.78 is 0. The maximum atomic E-state index is 4.67. The van der Waals surface area contributed by atoms with E-state index in [9.17, 15) is 0 Å². The van der Waals surface area contributed by atoms with Crippen molar-refractivity contribution in [2.45, 2.75) is 46.2 Å². The van der Waals surface area contributed by atoms with E-state index < -0.39 is 0 Å². The number of rotatable bonds is 6. The molecule has 2 rings (SSSR count). The minimum absolute atomic E-state index is 0.493. The predicted molar refractivity (Wildman–Crippen MR) is 99.1 cm³/mol. The Morgan fingerprint density at radius 2 is 2.22 bits per heavy atom. The monoisotopic (exact) mass is 335 g/mol. The number of hydrogen-bond acceptors (Lipinski definition) is 4. The summed E-state index contributed by atoms with van der Waals surface area (Å²) in [7, 11) is 0. The van der Waals surface area contributed by atoms with Crippen LogP contribution in [0.25, 0.3) is 0 Å². The van der Waals surface area contributed by atoms with Gasteiger partial charge in [-0.05, 0) is 33.6 Å². The van der Waals surface area contributed by atoms with Gasteiger partial charge in [0.2, 0.25) is 0 Å². The van der Waals surface area contributed by atoms with E-state index in [-0.39, 0.29) is 0 Å². The zero-order valence-electron chi connectivity index (χ0n) is 14.6. The van der Waals surface area contributed by atoms with Crippen molar-refractivity contribution >= 4 is 17.3 Å². The highest BCUT2D eigenvalue weighted by Gasteiger charge is 2.19. The second kappa shape index (κ2) is 9.03. The first-order valence-electron chi connectivity index (χ1n) is 8.39. The molecule has 0 bridgehead atoms. The minimum atomic E-state index is 0.493. The molecule has 2 N–H and O–H groups in total. The van der Waals surface area contributed by atoms with Crippen LogP contribution in [-0.2, 0) is 6.54 Å². The molecule has 1 aromatic heterocycles. The van der Waals surface area contributed by atoms with Crippen LogP contribution in [0.15, 0.2) is 23.3 Å². The summed E-state index contributed by atoms with van der Waals surface area (Å²) >= 11 is 1.71.